The average Bonchev–Trinajstić information content (AvgIpc) is 3.18. The number of benzene rings is 3. The third-order valence-corrected chi connectivity index (χ3v) is 4.75. The van der Waals surface area contributed by atoms with Crippen LogP contribution in [-0.4, -0.2) is 17.8 Å². The van der Waals surface area contributed by atoms with Gasteiger partial charge in [0.15, 0.2) is 11.5 Å². The average molecular weight is 387 g/mol. The maximum Gasteiger partial charge on any atom is 0.161 e. The third kappa shape index (κ3) is 4.54. The summed E-state index contributed by atoms with van der Waals surface area (Å²) in [6, 6.07) is 26.3. The Bertz CT molecular complexity index is 1060. The van der Waals surface area contributed by atoms with Crippen LogP contribution in [0, 0.1) is 0 Å². The van der Waals surface area contributed by atoms with Gasteiger partial charge in [-0.05, 0) is 42.8 Å². The van der Waals surface area contributed by atoms with Gasteiger partial charge in [-0.1, -0.05) is 48.5 Å². The maximum absolute atomic E-state index is 6.07. The molecule has 3 aromatic carbocycles. The second-order valence-electron chi connectivity index (χ2n) is 6.70. The zero-order chi connectivity index (χ0) is 19.9. The molecule has 1 aromatic heterocycles. The molecule has 0 aliphatic heterocycles. The summed E-state index contributed by atoms with van der Waals surface area (Å²) in [4.78, 5) is 0. The van der Waals surface area contributed by atoms with Gasteiger partial charge in [0.25, 0.3) is 0 Å². The summed E-state index contributed by atoms with van der Waals surface area (Å²) in [6.07, 6.45) is 2.08. The molecule has 0 fully saturated rings. The molecule has 0 amide bonds. The highest BCUT2D eigenvalue weighted by Gasteiger charge is 2.08. The molecule has 4 rings (SSSR count). The van der Waals surface area contributed by atoms with Gasteiger partial charge in [-0.3, -0.25) is 0 Å². The van der Waals surface area contributed by atoms with E-state index in [1.165, 1.54) is 0 Å². The van der Waals surface area contributed by atoms with Gasteiger partial charge in [-0.25, -0.2) is 0 Å². The number of ether oxygens (including phenoxy) is 3. The van der Waals surface area contributed by atoms with Gasteiger partial charge in [-0.2, -0.15) is 0 Å². The Morgan fingerprint density at radius 3 is 2.21 bits per heavy atom. The first-order valence-electron chi connectivity index (χ1n) is 9.94. The lowest BCUT2D eigenvalue weighted by Crippen LogP contribution is -2.08. The SMILES string of the molecule is CCOc1ccccc1OCCn1ccc2c(OCc3ccccc3)cccc21. The van der Waals surface area contributed by atoms with Gasteiger partial charge in [0, 0.05) is 11.6 Å². The minimum atomic E-state index is 0.558. The molecule has 0 unspecified atom stereocenters. The standard InChI is InChI=1S/C25H25NO3/c1-2-27-24-12-6-7-13-25(24)28-18-17-26-16-15-21-22(26)11-8-14-23(21)29-19-20-9-4-3-5-10-20/h3-16H,2,17-19H2,1H3. The fourth-order valence-electron chi connectivity index (χ4n) is 3.35. The zero-order valence-corrected chi connectivity index (χ0v) is 16.6. The highest BCUT2D eigenvalue weighted by atomic mass is 16.5. The van der Waals surface area contributed by atoms with E-state index in [9.17, 15) is 0 Å². The van der Waals surface area contributed by atoms with Crippen LogP contribution in [0.1, 0.15) is 12.5 Å². The van der Waals surface area contributed by atoms with Crippen molar-refractivity contribution < 1.29 is 14.2 Å². The first kappa shape index (κ1) is 18.9. The van der Waals surface area contributed by atoms with Crippen LogP contribution in [-0.2, 0) is 13.2 Å². The number of aromatic nitrogens is 1. The Hall–Kier alpha value is -3.40. The summed E-state index contributed by atoms with van der Waals surface area (Å²) in [7, 11) is 0. The molecular weight excluding hydrogens is 362 g/mol. The number of hydrogen-bond donors (Lipinski definition) is 0. The number of para-hydroxylation sites is 2. The summed E-state index contributed by atoms with van der Waals surface area (Å²) < 4.78 is 19.9. The summed E-state index contributed by atoms with van der Waals surface area (Å²) in [6.45, 7) is 4.45. The van der Waals surface area contributed by atoms with Crippen LogP contribution in [0.15, 0.2) is 85.1 Å². The van der Waals surface area contributed by atoms with E-state index in [0.717, 1.165) is 40.3 Å². The largest absolute Gasteiger partial charge is 0.490 e. The van der Waals surface area contributed by atoms with Crippen molar-refractivity contribution in [3.8, 4) is 17.2 Å². The van der Waals surface area contributed by atoms with Crippen molar-refractivity contribution in [2.45, 2.75) is 20.1 Å². The van der Waals surface area contributed by atoms with Crippen molar-refractivity contribution in [2.75, 3.05) is 13.2 Å². The van der Waals surface area contributed by atoms with Crippen LogP contribution < -0.4 is 14.2 Å². The Labute approximate surface area is 171 Å². The molecule has 0 aliphatic rings. The zero-order valence-electron chi connectivity index (χ0n) is 16.6. The number of nitrogens with zero attached hydrogens (tertiary/aromatic N) is 1. The van der Waals surface area contributed by atoms with Crippen molar-refractivity contribution in [1.82, 2.24) is 4.57 Å². The monoisotopic (exact) mass is 387 g/mol. The summed E-state index contributed by atoms with van der Waals surface area (Å²) in [5.41, 5.74) is 2.29. The molecule has 0 radical (unpaired) electrons. The van der Waals surface area contributed by atoms with E-state index in [-0.39, 0.29) is 0 Å². The van der Waals surface area contributed by atoms with E-state index in [2.05, 4.69) is 35.0 Å². The van der Waals surface area contributed by atoms with E-state index >= 15 is 0 Å². The molecule has 4 aromatic rings. The lowest BCUT2D eigenvalue weighted by molar-refractivity contribution is 0.267. The highest BCUT2D eigenvalue weighted by molar-refractivity contribution is 5.86. The Morgan fingerprint density at radius 1 is 0.690 bits per heavy atom. The number of hydrogen-bond acceptors (Lipinski definition) is 3. The van der Waals surface area contributed by atoms with Crippen LogP contribution in [0.25, 0.3) is 10.9 Å². The van der Waals surface area contributed by atoms with Crippen LogP contribution in [0.4, 0.5) is 0 Å². The second-order valence-corrected chi connectivity index (χ2v) is 6.70. The fraction of sp³-hybridized carbons (Fsp3) is 0.200. The molecule has 0 N–H and O–H groups in total. The first-order valence-corrected chi connectivity index (χ1v) is 9.94. The molecule has 4 heteroatoms. The van der Waals surface area contributed by atoms with Crippen LogP contribution in [0.2, 0.25) is 0 Å². The fourth-order valence-corrected chi connectivity index (χ4v) is 3.35. The van der Waals surface area contributed by atoms with Crippen LogP contribution >= 0.6 is 0 Å². The van der Waals surface area contributed by atoms with Gasteiger partial charge in [0.05, 0.1) is 18.7 Å². The molecule has 0 atom stereocenters. The lowest BCUT2D eigenvalue weighted by Gasteiger charge is -2.13. The maximum atomic E-state index is 6.07. The van der Waals surface area contributed by atoms with Gasteiger partial charge in [0.1, 0.15) is 19.0 Å². The highest BCUT2D eigenvalue weighted by Crippen LogP contribution is 2.28. The van der Waals surface area contributed by atoms with Crippen molar-refractivity contribution in [3.63, 3.8) is 0 Å². The van der Waals surface area contributed by atoms with E-state index in [0.29, 0.717) is 19.8 Å². The van der Waals surface area contributed by atoms with Crippen LogP contribution in [0.3, 0.4) is 0 Å². The van der Waals surface area contributed by atoms with Crippen molar-refractivity contribution in [2.24, 2.45) is 0 Å². The summed E-state index contributed by atoms with van der Waals surface area (Å²) in [5.74, 6) is 2.45. The predicted molar refractivity (Wildman–Crippen MR) is 116 cm³/mol. The molecule has 148 valence electrons. The molecule has 4 nitrogen and oxygen atoms in total. The quantitative estimate of drug-likeness (QED) is 0.369. The van der Waals surface area contributed by atoms with E-state index < -0.39 is 0 Å². The van der Waals surface area contributed by atoms with Gasteiger partial charge in [-0.15, -0.1) is 0 Å². The topological polar surface area (TPSA) is 32.6 Å². The van der Waals surface area contributed by atoms with E-state index in [1.807, 2.05) is 61.5 Å². The Morgan fingerprint density at radius 2 is 1.41 bits per heavy atom. The minimum Gasteiger partial charge on any atom is -0.490 e. The summed E-state index contributed by atoms with van der Waals surface area (Å²) in [5, 5.41) is 1.11. The Kier molecular flexibility index (Phi) is 6.01. The molecule has 0 bridgehead atoms. The smallest absolute Gasteiger partial charge is 0.161 e. The third-order valence-electron chi connectivity index (χ3n) is 4.75. The second kappa shape index (κ2) is 9.20. The van der Waals surface area contributed by atoms with E-state index in [1.54, 1.807) is 0 Å². The van der Waals surface area contributed by atoms with Crippen molar-refractivity contribution in [1.29, 1.82) is 0 Å². The molecule has 0 spiro atoms. The molecule has 0 saturated carbocycles. The molecule has 29 heavy (non-hydrogen) atoms. The van der Waals surface area contributed by atoms with Gasteiger partial charge >= 0.3 is 0 Å². The van der Waals surface area contributed by atoms with E-state index in [4.69, 9.17) is 14.2 Å². The van der Waals surface area contributed by atoms with Crippen LogP contribution in [0.5, 0.6) is 17.2 Å². The molecule has 1 heterocycles. The predicted octanol–water partition coefficient (Wildman–Crippen LogP) is 5.70. The Balaban J connectivity index is 1.43. The van der Waals surface area contributed by atoms with Crippen molar-refractivity contribution >= 4 is 10.9 Å². The lowest BCUT2D eigenvalue weighted by atomic mass is 10.2. The molecular formula is C25H25NO3. The minimum absolute atomic E-state index is 0.558. The van der Waals surface area contributed by atoms with Gasteiger partial charge in [0.2, 0.25) is 0 Å². The number of fused-ring (bicyclic) bond motifs is 1. The molecule has 0 aliphatic carbocycles. The van der Waals surface area contributed by atoms with Crippen molar-refractivity contribution in [3.05, 3.63) is 90.6 Å². The summed E-state index contributed by atoms with van der Waals surface area (Å²) >= 11 is 0. The van der Waals surface area contributed by atoms with Gasteiger partial charge < -0.3 is 18.8 Å². The number of rotatable bonds is 9. The first-order chi connectivity index (χ1) is 14.3. The normalized spacial score (nSPS) is 10.8. The molecule has 0 saturated heterocycles.